The minimum atomic E-state index is -0.316. The molecule has 0 radical (unpaired) electrons. The Morgan fingerprint density at radius 2 is 1.40 bits per heavy atom. The van der Waals surface area contributed by atoms with Gasteiger partial charge in [-0.15, -0.1) is 0 Å². The Kier molecular flexibility index (Phi) is 7.16. The maximum Gasteiger partial charge on any atom is 0.253 e. The van der Waals surface area contributed by atoms with Crippen LogP contribution in [0.4, 0.5) is 10.1 Å². The average Bonchev–Trinajstić information content (AvgIpc) is 2.77. The molecule has 3 aromatic rings. The van der Waals surface area contributed by atoms with Crippen LogP contribution in [0.1, 0.15) is 27.0 Å². The Hall–Kier alpha value is -3.67. The predicted octanol–water partition coefficient (Wildman–Crippen LogP) is 3.79. The van der Waals surface area contributed by atoms with Crippen molar-refractivity contribution in [3.63, 3.8) is 0 Å². The maximum atomic E-state index is 12.9. The first-order chi connectivity index (χ1) is 14.5. The van der Waals surface area contributed by atoms with Gasteiger partial charge in [0, 0.05) is 18.8 Å². The van der Waals surface area contributed by atoms with E-state index in [4.69, 9.17) is 0 Å². The molecule has 0 aliphatic carbocycles. The van der Waals surface area contributed by atoms with Gasteiger partial charge in [0.05, 0.1) is 12.1 Å². The van der Waals surface area contributed by atoms with Gasteiger partial charge in [0.15, 0.2) is 0 Å². The molecule has 0 fully saturated rings. The Balaban J connectivity index is 1.52. The molecule has 3 N–H and O–H groups in total. The molecule has 30 heavy (non-hydrogen) atoms. The van der Waals surface area contributed by atoms with Crippen LogP contribution in [0.3, 0.4) is 0 Å². The summed E-state index contributed by atoms with van der Waals surface area (Å²) in [5, 5.41) is 8.68. The Morgan fingerprint density at radius 3 is 2.10 bits per heavy atom. The summed E-state index contributed by atoms with van der Waals surface area (Å²) in [6.07, 6.45) is 0. The standard InChI is InChI=1S/C24H24FN3O2/c1-17-6-8-18(9-7-17)15-28-24(30)21-4-2-3-5-22(21)26-16-23(29)27-14-19-10-12-20(25)13-11-19/h2-13,26H,14-16H2,1H3,(H,27,29)(H,28,30). The van der Waals surface area contributed by atoms with Crippen molar-refractivity contribution in [3.05, 3.63) is 101 Å². The molecule has 0 aliphatic rings. The third-order valence-corrected chi connectivity index (χ3v) is 4.59. The number of aryl methyl sites for hydroxylation is 1. The molecule has 0 saturated heterocycles. The lowest BCUT2D eigenvalue weighted by Gasteiger charge is -2.13. The van der Waals surface area contributed by atoms with Crippen molar-refractivity contribution < 1.29 is 14.0 Å². The van der Waals surface area contributed by atoms with Gasteiger partial charge >= 0.3 is 0 Å². The van der Waals surface area contributed by atoms with Crippen LogP contribution in [0, 0.1) is 12.7 Å². The highest BCUT2D eigenvalue weighted by atomic mass is 19.1. The van der Waals surface area contributed by atoms with Crippen LogP contribution in [-0.2, 0) is 17.9 Å². The molecule has 5 nitrogen and oxygen atoms in total. The van der Waals surface area contributed by atoms with E-state index in [0.717, 1.165) is 16.7 Å². The van der Waals surface area contributed by atoms with Crippen molar-refractivity contribution in [1.82, 2.24) is 10.6 Å². The molecule has 0 aliphatic heterocycles. The predicted molar refractivity (Wildman–Crippen MR) is 116 cm³/mol. The molecule has 0 bridgehead atoms. The molecule has 0 spiro atoms. The Morgan fingerprint density at radius 1 is 0.800 bits per heavy atom. The van der Waals surface area contributed by atoms with E-state index in [-0.39, 0.29) is 24.2 Å². The number of benzene rings is 3. The van der Waals surface area contributed by atoms with E-state index < -0.39 is 0 Å². The van der Waals surface area contributed by atoms with Gasteiger partial charge in [-0.2, -0.15) is 0 Å². The summed E-state index contributed by atoms with van der Waals surface area (Å²) in [5.74, 6) is -0.761. The highest BCUT2D eigenvalue weighted by Gasteiger charge is 2.11. The van der Waals surface area contributed by atoms with Gasteiger partial charge < -0.3 is 16.0 Å². The lowest BCUT2D eigenvalue weighted by atomic mass is 10.1. The highest BCUT2D eigenvalue weighted by molar-refractivity contribution is 6.00. The molecule has 2 amide bonds. The third kappa shape index (κ3) is 6.17. The molecule has 0 saturated carbocycles. The summed E-state index contributed by atoms with van der Waals surface area (Å²) in [4.78, 5) is 24.7. The van der Waals surface area contributed by atoms with Crippen LogP contribution in [0.2, 0.25) is 0 Å². The molecular weight excluding hydrogens is 381 g/mol. The molecule has 3 rings (SSSR count). The summed E-state index contributed by atoms with van der Waals surface area (Å²) in [7, 11) is 0. The monoisotopic (exact) mass is 405 g/mol. The molecule has 0 heterocycles. The molecule has 6 heteroatoms. The molecule has 0 unspecified atom stereocenters. The summed E-state index contributed by atoms with van der Waals surface area (Å²) in [5.41, 5.74) is 4.03. The van der Waals surface area contributed by atoms with Crippen LogP contribution >= 0.6 is 0 Å². The number of carbonyl (C=O) groups excluding carboxylic acids is 2. The first-order valence-electron chi connectivity index (χ1n) is 9.69. The van der Waals surface area contributed by atoms with Crippen LogP contribution in [0.5, 0.6) is 0 Å². The Bertz CT molecular complexity index is 1000. The number of amides is 2. The SMILES string of the molecule is Cc1ccc(CNC(=O)c2ccccc2NCC(=O)NCc2ccc(F)cc2)cc1. The van der Waals surface area contributed by atoms with Gasteiger partial charge in [-0.05, 0) is 42.3 Å². The van der Waals surface area contributed by atoms with E-state index in [1.165, 1.54) is 12.1 Å². The van der Waals surface area contributed by atoms with Crippen molar-refractivity contribution in [2.75, 3.05) is 11.9 Å². The van der Waals surface area contributed by atoms with Crippen molar-refractivity contribution in [2.45, 2.75) is 20.0 Å². The lowest BCUT2D eigenvalue weighted by molar-refractivity contribution is -0.119. The second kappa shape index (κ2) is 10.2. The molecule has 3 aromatic carbocycles. The normalized spacial score (nSPS) is 10.3. The average molecular weight is 405 g/mol. The molecular formula is C24H24FN3O2. The highest BCUT2D eigenvalue weighted by Crippen LogP contribution is 2.15. The van der Waals surface area contributed by atoms with Gasteiger partial charge in [0.2, 0.25) is 5.91 Å². The zero-order chi connectivity index (χ0) is 21.3. The number of carbonyl (C=O) groups is 2. The minimum Gasteiger partial charge on any atom is -0.376 e. The van der Waals surface area contributed by atoms with Gasteiger partial charge in [0.25, 0.3) is 5.91 Å². The van der Waals surface area contributed by atoms with E-state index in [1.807, 2.05) is 31.2 Å². The Labute approximate surface area is 175 Å². The fraction of sp³-hybridized carbons (Fsp3) is 0.167. The maximum absolute atomic E-state index is 12.9. The van der Waals surface area contributed by atoms with E-state index in [2.05, 4.69) is 16.0 Å². The van der Waals surface area contributed by atoms with E-state index >= 15 is 0 Å². The van der Waals surface area contributed by atoms with E-state index in [9.17, 15) is 14.0 Å². The van der Waals surface area contributed by atoms with Crippen molar-refractivity contribution in [3.8, 4) is 0 Å². The summed E-state index contributed by atoms with van der Waals surface area (Å²) in [6, 6.07) is 21.0. The second-order valence-electron chi connectivity index (χ2n) is 6.97. The smallest absolute Gasteiger partial charge is 0.253 e. The van der Waals surface area contributed by atoms with Crippen LogP contribution in [0.15, 0.2) is 72.8 Å². The van der Waals surface area contributed by atoms with Gasteiger partial charge in [-0.3, -0.25) is 9.59 Å². The third-order valence-electron chi connectivity index (χ3n) is 4.59. The number of nitrogens with one attached hydrogen (secondary N) is 3. The zero-order valence-corrected chi connectivity index (χ0v) is 16.7. The number of hydrogen-bond donors (Lipinski definition) is 3. The number of rotatable bonds is 8. The topological polar surface area (TPSA) is 70.2 Å². The fourth-order valence-corrected chi connectivity index (χ4v) is 2.86. The molecule has 0 atom stereocenters. The second-order valence-corrected chi connectivity index (χ2v) is 6.97. The largest absolute Gasteiger partial charge is 0.376 e. The number of anilines is 1. The van der Waals surface area contributed by atoms with Crippen molar-refractivity contribution >= 4 is 17.5 Å². The van der Waals surface area contributed by atoms with Crippen LogP contribution in [0.25, 0.3) is 0 Å². The van der Waals surface area contributed by atoms with Gasteiger partial charge in [0.1, 0.15) is 5.82 Å². The first-order valence-corrected chi connectivity index (χ1v) is 9.69. The summed E-state index contributed by atoms with van der Waals surface area (Å²) in [6.45, 7) is 2.76. The van der Waals surface area contributed by atoms with Gasteiger partial charge in [-0.25, -0.2) is 4.39 Å². The quantitative estimate of drug-likeness (QED) is 0.534. The van der Waals surface area contributed by atoms with E-state index in [1.54, 1.807) is 36.4 Å². The fourth-order valence-electron chi connectivity index (χ4n) is 2.86. The number of halogens is 1. The number of hydrogen-bond acceptors (Lipinski definition) is 3. The lowest BCUT2D eigenvalue weighted by Crippen LogP contribution is -2.30. The van der Waals surface area contributed by atoms with E-state index in [0.29, 0.717) is 24.3 Å². The molecule has 0 aromatic heterocycles. The summed E-state index contributed by atoms with van der Waals surface area (Å²) < 4.78 is 12.9. The minimum absolute atomic E-state index is 0.0173. The van der Waals surface area contributed by atoms with Crippen molar-refractivity contribution in [1.29, 1.82) is 0 Å². The number of para-hydroxylation sites is 1. The van der Waals surface area contributed by atoms with Gasteiger partial charge in [-0.1, -0.05) is 54.1 Å². The van der Waals surface area contributed by atoms with Crippen molar-refractivity contribution in [2.24, 2.45) is 0 Å². The molecule has 154 valence electrons. The van der Waals surface area contributed by atoms with Crippen LogP contribution < -0.4 is 16.0 Å². The van der Waals surface area contributed by atoms with Crippen LogP contribution in [-0.4, -0.2) is 18.4 Å². The first kappa shape index (κ1) is 21.0. The zero-order valence-electron chi connectivity index (χ0n) is 16.7. The summed E-state index contributed by atoms with van der Waals surface area (Å²) >= 11 is 0.